The standard InChI is InChI=1S/C19H27N3O5S/c23-10-17-16(22-19(25)13-4-7-26-8-5-13)2-1-15(27-17)9-18(24)20-6-3-14-11-28-12-21-14/h1-2,11-13,15-17,23H,3-10H2,(H,20,24)(H,22,25)/t15-,16+,17+/m1/s1. The molecule has 9 heteroatoms. The quantitative estimate of drug-likeness (QED) is 0.537. The van der Waals surface area contributed by atoms with Gasteiger partial charge in [-0.15, -0.1) is 11.3 Å². The topological polar surface area (TPSA) is 110 Å². The molecule has 1 saturated heterocycles. The predicted molar refractivity (Wildman–Crippen MR) is 104 cm³/mol. The number of hydrogen-bond donors (Lipinski definition) is 3. The third-order valence-corrected chi connectivity index (χ3v) is 5.57. The highest BCUT2D eigenvalue weighted by atomic mass is 32.1. The summed E-state index contributed by atoms with van der Waals surface area (Å²) in [6.45, 7) is 1.48. The van der Waals surface area contributed by atoms with Crippen LogP contribution >= 0.6 is 11.3 Å². The molecular formula is C19H27N3O5S. The molecule has 0 spiro atoms. The van der Waals surface area contributed by atoms with Gasteiger partial charge in [-0.3, -0.25) is 9.59 Å². The van der Waals surface area contributed by atoms with Crippen LogP contribution < -0.4 is 10.6 Å². The number of carbonyl (C=O) groups is 2. The van der Waals surface area contributed by atoms with Crippen molar-refractivity contribution in [3.63, 3.8) is 0 Å². The first kappa shape index (κ1) is 20.9. The number of amides is 2. The predicted octanol–water partition coefficient (Wildman–Crippen LogP) is 0.419. The molecule has 0 unspecified atom stereocenters. The Hall–Kier alpha value is -1.81. The van der Waals surface area contributed by atoms with Gasteiger partial charge in [0.1, 0.15) is 6.10 Å². The summed E-state index contributed by atoms with van der Waals surface area (Å²) in [5.41, 5.74) is 2.73. The van der Waals surface area contributed by atoms with Crippen LogP contribution in [0.25, 0.3) is 0 Å². The first-order chi connectivity index (χ1) is 13.7. The third kappa shape index (κ3) is 6.10. The number of aliphatic hydroxyl groups excluding tert-OH is 1. The number of carbonyl (C=O) groups excluding carboxylic acids is 2. The molecule has 0 radical (unpaired) electrons. The average molecular weight is 410 g/mol. The van der Waals surface area contributed by atoms with Crippen molar-refractivity contribution in [1.82, 2.24) is 15.6 Å². The zero-order chi connectivity index (χ0) is 19.8. The van der Waals surface area contributed by atoms with Crippen molar-refractivity contribution in [2.24, 2.45) is 5.92 Å². The molecule has 1 fully saturated rings. The van der Waals surface area contributed by atoms with E-state index < -0.39 is 18.2 Å². The number of aromatic nitrogens is 1. The summed E-state index contributed by atoms with van der Waals surface area (Å²) >= 11 is 1.53. The minimum atomic E-state index is -0.568. The largest absolute Gasteiger partial charge is 0.394 e. The van der Waals surface area contributed by atoms with Crippen molar-refractivity contribution in [2.75, 3.05) is 26.4 Å². The number of thiazole rings is 1. The molecule has 8 nitrogen and oxygen atoms in total. The van der Waals surface area contributed by atoms with E-state index in [4.69, 9.17) is 9.47 Å². The Bertz CT molecular complexity index is 661. The second-order valence-electron chi connectivity index (χ2n) is 6.99. The molecule has 0 aromatic carbocycles. The minimum Gasteiger partial charge on any atom is -0.394 e. The maximum Gasteiger partial charge on any atom is 0.223 e. The van der Waals surface area contributed by atoms with Gasteiger partial charge >= 0.3 is 0 Å². The fourth-order valence-corrected chi connectivity index (χ4v) is 3.92. The van der Waals surface area contributed by atoms with Crippen molar-refractivity contribution in [3.8, 4) is 0 Å². The molecule has 2 aliphatic rings. The average Bonchev–Trinajstić information content (AvgIpc) is 3.23. The van der Waals surface area contributed by atoms with E-state index in [0.717, 1.165) is 5.69 Å². The zero-order valence-electron chi connectivity index (χ0n) is 15.7. The molecule has 3 N–H and O–H groups in total. The molecule has 1 aromatic heterocycles. The van der Waals surface area contributed by atoms with Gasteiger partial charge in [0.05, 0.1) is 36.4 Å². The Balaban J connectivity index is 1.44. The van der Waals surface area contributed by atoms with Crippen LogP contribution in [-0.2, 0) is 25.5 Å². The highest BCUT2D eigenvalue weighted by molar-refractivity contribution is 7.07. The lowest BCUT2D eigenvalue weighted by atomic mass is 9.97. The van der Waals surface area contributed by atoms with Gasteiger partial charge < -0.3 is 25.2 Å². The lowest BCUT2D eigenvalue weighted by molar-refractivity contribution is -0.132. The van der Waals surface area contributed by atoms with Gasteiger partial charge in [0.25, 0.3) is 0 Å². The van der Waals surface area contributed by atoms with Crippen LogP contribution in [-0.4, -0.2) is 66.5 Å². The van der Waals surface area contributed by atoms with E-state index in [2.05, 4.69) is 15.6 Å². The lowest BCUT2D eigenvalue weighted by Gasteiger charge is -2.33. The summed E-state index contributed by atoms with van der Waals surface area (Å²) in [4.78, 5) is 28.7. The van der Waals surface area contributed by atoms with Crippen LogP contribution in [0.5, 0.6) is 0 Å². The lowest BCUT2D eigenvalue weighted by Crippen LogP contribution is -2.50. The molecule has 3 atom stereocenters. The van der Waals surface area contributed by atoms with Crippen molar-refractivity contribution in [3.05, 3.63) is 28.7 Å². The van der Waals surface area contributed by atoms with E-state index in [1.807, 2.05) is 11.5 Å². The highest BCUT2D eigenvalue weighted by Gasteiger charge is 2.31. The summed E-state index contributed by atoms with van der Waals surface area (Å²) in [7, 11) is 0. The van der Waals surface area contributed by atoms with Crippen LogP contribution in [0, 0.1) is 5.92 Å². The Morgan fingerprint density at radius 3 is 2.82 bits per heavy atom. The van der Waals surface area contributed by atoms with Crippen LogP contribution in [0.1, 0.15) is 25.0 Å². The molecule has 3 rings (SSSR count). The summed E-state index contributed by atoms with van der Waals surface area (Å²) in [6, 6.07) is -0.399. The molecule has 154 valence electrons. The number of ether oxygens (including phenoxy) is 2. The second-order valence-corrected chi connectivity index (χ2v) is 7.70. The van der Waals surface area contributed by atoms with Gasteiger partial charge in [-0.05, 0) is 12.8 Å². The van der Waals surface area contributed by atoms with Crippen LogP contribution in [0.2, 0.25) is 0 Å². The first-order valence-corrected chi connectivity index (χ1v) is 10.6. The molecule has 0 saturated carbocycles. The second kappa shape index (κ2) is 10.7. The molecule has 1 aromatic rings. The molecule has 2 amide bonds. The maximum atomic E-state index is 12.4. The van der Waals surface area contributed by atoms with E-state index in [9.17, 15) is 14.7 Å². The van der Waals surface area contributed by atoms with E-state index in [1.54, 1.807) is 11.6 Å². The maximum absolute atomic E-state index is 12.4. The highest BCUT2D eigenvalue weighted by Crippen LogP contribution is 2.19. The fraction of sp³-hybridized carbons (Fsp3) is 0.632. The summed E-state index contributed by atoms with van der Waals surface area (Å²) in [5, 5.41) is 17.4. The van der Waals surface area contributed by atoms with Crippen molar-refractivity contribution < 1.29 is 24.2 Å². The van der Waals surface area contributed by atoms with E-state index >= 15 is 0 Å². The van der Waals surface area contributed by atoms with Gasteiger partial charge in [-0.25, -0.2) is 4.98 Å². The summed E-state index contributed by atoms with van der Waals surface area (Å²) < 4.78 is 11.1. The number of hydrogen-bond acceptors (Lipinski definition) is 7. The van der Waals surface area contributed by atoms with Crippen molar-refractivity contribution in [1.29, 1.82) is 0 Å². The Morgan fingerprint density at radius 2 is 2.11 bits per heavy atom. The molecule has 0 aliphatic carbocycles. The van der Waals surface area contributed by atoms with Crippen LogP contribution in [0.3, 0.4) is 0 Å². The molecule has 28 heavy (non-hydrogen) atoms. The smallest absolute Gasteiger partial charge is 0.223 e. The molecule has 3 heterocycles. The first-order valence-electron chi connectivity index (χ1n) is 9.62. The molecular weight excluding hydrogens is 382 g/mol. The Kier molecular flexibility index (Phi) is 7.96. The van der Waals surface area contributed by atoms with Crippen LogP contribution in [0.4, 0.5) is 0 Å². The Morgan fingerprint density at radius 1 is 1.29 bits per heavy atom. The Labute approximate surface area is 168 Å². The van der Waals surface area contributed by atoms with Crippen molar-refractivity contribution in [2.45, 2.75) is 43.9 Å². The van der Waals surface area contributed by atoms with Gasteiger partial charge in [0, 0.05) is 37.5 Å². The molecule has 0 bridgehead atoms. The summed E-state index contributed by atoms with van der Waals surface area (Å²) in [6.07, 6.45) is 4.87. The van der Waals surface area contributed by atoms with Gasteiger partial charge in [0.2, 0.25) is 11.8 Å². The third-order valence-electron chi connectivity index (χ3n) is 4.94. The summed E-state index contributed by atoms with van der Waals surface area (Å²) in [5.74, 6) is -0.229. The normalized spacial score (nSPS) is 25.4. The zero-order valence-corrected chi connectivity index (χ0v) is 16.5. The van der Waals surface area contributed by atoms with E-state index in [1.165, 1.54) is 11.3 Å². The number of nitrogens with one attached hydrogen (secondary N) is 2. The number of rotatable bonds is 8. The van der Waals surface area contributed by atoms with E-state index in [-0.39, 0.29) is 30.8 Å². The number of aliphatic hydroxyl groups is 1. The van der Waals surface area contributed by atoms with Gasteiger partial charge in [-0.2, -0.15) is 0 Å². The van der Waals surface area contributed by atoms with Crippen molar-refractivity contribution >= 4 is 23.2 Å². The van der Waals surface area contributed by atoms with Crippen LogP contribution in [0.15, 0.2) is 23.0 Å². The van der Waals surface area contributed by atoms with Gasteiger partial charge in [-0.1, -0.05) is 12.2 Å². The fourth-order valence-electron chi connectivity index (χ4n) is 3.32. The van der Waals surface area contributed by atoms with Gasteiger partial charge in [0.15, 0.2) is 0 Å². The SMILES string of the molecule is O=C(C[C@H]1C=C[C@H](NC(=O)C2CCOCC2)[C@H](CO)O1)NCCc1cscn1. The molecule has 2 aliphatic heterocycles. The number of nitrogens with zero attached hydrogens (tertiary/aromatic N) is 1. The minimum absolute atomic E-state index is 0.0433. The van der Waals surface area contributed by atoms with E-state index in [0.29, 0.717) is 39.0 Å². The monoisotopic (exact) mass is 409 g/mol.